The largest absolute Gasteiger partial charge is 0.493 e. The van der Waals surface area contributed by atoms with Crippen LogP contribution in [-0.2, 0) is 10.0 Å². The standard InChI is InChI=1S/C27H37FN2O4S/c1-27(2,28)20-29-16-13-21(14-17-29)19-34-25-9-5-22(6-10-25)23-7-11-26(12-8-23)35(32,33)30-15-3-4-24(31)18-30/h5-12,21,24,31H,3-4,13-20H2,1-2H3/t24-/m0/s1. The molecule has 2 aromatic carbocycles. The first-order chi connectivity index (χ1) is 16.6. The number of β-amino-alcohol motifs (C(OH)–C–C–N with tert-alkyl or cyclic N) is 1. The van der Waals surface area contributed by atoms with Crippen molar-refractivity contribution in [2.24, 2.45) is 5.92 Å². The van der Waals surface area contributed by atoms with Gasteiger partial charge in [-0.1, -0.05) is 24.3 Å². The second kappa shape index (κ2) is 10.9. The molecule has 0 radical (unpaired) electrons. The van der Waals surface area contributed by atoms with Crippen LogP contribution in [0.25, 0.3) is 11.1 Å². The Balaban J connectivity index is 1.30. The minimum absolute atomic E-state index is 0.153. The number of sulfonamides is 1. The Labute approximate surface area is 208 Å². The van der Waals surface area contributed by atoms with Crippen molar-refractivity contribution in [1.82, 2.24) is 9.21 Å². The first kappa shape index (κ1) is 26.1. The summed E-state index contributed by atoms with van der Waals surface area (Å²) >= 11 is 0. The number of nitrogens with zero attached hydrogens (tertiary/aromatic N) is 2. The zero-order chi connectivity index (χ0) is 25.1. The van der Waals surface area contributed by atoms with Gasteiger partial charge in [0.15, 0.2) is 0 Å². The fourth-order valence-electron chi connectivity index (χ4n) is 4.91. The topological polar surface area (TPSA) is 70.1 Å². The van der Waals surface area contributed by atoms with Crippen molar-refractivity contribution >= 4 is 10.0 Å². The molecule has 1 N–H and O–H groups in total. The smallest absolute Gasteiger partial charge is 0.243 e. The first-order valence-electron chi connectivity index (χ1n) is 12.5. The molecule has 4 rings (SSSR count). The van der Waals surface area contributed by atoms with Crippen molar-refractivity contribution in [3.05, 3.63) is 48.5 Å². The molecule has 2 fully saturated rings. The summed E-state index contributed by atoms with van der Waals surface area (Å²) in [5.41, 5.74) is 0.755. The third kappa shape index (κ3) is 7.03. The third-order valence-corrected chi connectivity index (χ3v) is 8.71. The summed E-state index contributed by atoms with van der Waals surface area (Å²) in [5.74, 6) is 1.29. The molecular formula is C27H37FN2O4S. The Morgan fingerprint density at radius 1 is 0.971 bits per heavy atom. The molecule has 2 heterocycles. The summed E-state index contributed by atoms with van der Waals surface area (Å²) in [6.07, 6.45) is 2.74. The van der Waals surface area contributed by atoms with E-state index in [1.54, 1.807) is 26.0 Å². The van der Waals surface area contributed by atoms with E-state index in [9.17, 15) is 17.9 Å². The molecule has 0 bridgehead atoms. The Morgan fingerprint density at radius 3 is 2.14 bits per heavy atom. The molecule has 2 aliphatic rings. The number of halogens is 1. The number of hydrogen-bond acceptors (Lipinski definition) is 5. The molecule has 0 saturated carbocycles. The summed E-state index contributed by atoms with van der Waals surface area (Å²) in [5, 5.41) is 9.83. The van der Waals surface area contributed by atoms with Gasteiger partial charge in [-0.25, -0.2) is 12.8 Å². The van der Waals surface area contributed by atoms with Crippen LogP contribution in [-0.4, -0.2) is 73.8 Å². The highest BCUT2D eigenvalue weighted by molar-refractivity contribution is 7.89. The van der Waals surface area contributed by atoms with Gasteiger partial charge in [-0.3, -0.25) is 0 Å². The van der Waals surface area contributed by atoms with Crippen LogP contribution in [0.3, 0.4) is 0 Å². The molecule has 2 saturated heterocycles. The zero-order valence-electron chi connectivity index (χ0n) is 20.7. The lowest BCUT2D eigenvalue weighted by molar-refractivity contribution is 0.0836. The van der Waals surface area contributed by atoms with E-state index in [2.05, 4.69) is 4.90 Å². The van der Waals surface area contributed by atoms with E-state index >= 15 is 0 Å². The third-order valence-electron chi connectivity index (χ3n) is 6.83. The van der Waals surface area contributed by atoms with Crippen LogP contribution in [0.4, 0.5) is 4.39 Å². The molecule has 1 atom stereocenters. The van der Waals surface area contributed by atoms with E-state index in [0.717, 1.165) is 42.8 Å². The van der Waals surface area contributed by atoms with Crippen LogP contribution in [0.15, 0.2) is 53.4 Å². The van der Waals surface area contributed by atoms with Crippen LogP contribution in [0.1, 0.15) is 39.5 Å². The number of ether oxygens (including phenoxy) is 1. The Hall–Kier alpha value is -2.00. The number of hydrogen-bond donors (Lipinski definition) is 1. The van der Waals surface area contributed by atoms with Crippen molar-refractivity contribution < 1.29 is 22.7 Å². The molecule has 6 nitrogen and oxygen atoms in total. The van der Waals surface area contributed by atoms with E-state index in [1.165, 1.54) is 4.31 Å². The maximum atomic E-state index is 13.9. The van der Waals surface area contributed by atoms with Gasteiger partial charge in [0.25, 0.3) is 0 Å². The SMILES string of the molecule is CC(C)(F)CN1CCC(COc2ccc(-c3ccc(S(=O)(=O)N4CCC[C@H](O)C4)cc3)cc2)CC1. The summed E-state index contributed by atoms with van der Waals surface area (Å²) in [6, 6.07) is 14.7. The van der Waals surface area contributed by atoms with Crippen molar-refractivity contribution in [2.75, 3.05) is 39.3 Å². The number of aliphatic hydroxyl groups excluding tert-OH is 1. The van der Waals surface area contributed by atoms with Gasteiger partial charge in [0, 0.05) is 19.6 Å². The fourth-order valence-corrected chi connectivity index (χ4v) is 6.42. The van der Waals surface area contributed by atoms with Crippen LogP contribution in [0.2, 0.25) is 0 Å². The molecule has 0 spiro atoms. The zero-order valence-corrected chi connectivity index (χ0v) is 21.5. The van der Waals surface area contributed by atoms with Crippen molar-refractivity contribution in [3.8, 4) is 16.9 Å². The average molecular weight is 505 g/mol. The lowest BCUT2D eigenvalue weighted by Crippen LogP contribution is -2.42. The molecule has 0 amide bonds. The van der Waals surface area contributed by atoms with Gasteiger partial charge in [-0.15, -0.1) is 0 Å². The number of aliphatic hydroxyl groups is 1. The van der Waals surface area contributed by atoms with Gasteiger partial charge in [0.2, 0.25) is 10.0 Å². The highest BCUT2D eigenvalue weighted by atomic mass is 32.2. The first-order valence-corrected chi connectivity index (χ1v) is 14.0. The average Bonchev–Trinajstić information content (AvgIpc) is 2.83. The molecular weight excluding hydrogens is 467 g/mol. The molecule has 0 aromatic heterocycles. The Morgan fingerprint density at radius 2 is 1.57 bits per heavy atom. The number of likely N-dealkylation sites (tertiary alicyclic amines) is 1. The Kier molecular flexibility index (Phi) is 8.16. The monoisotopic (exact) mass is 504 g/mol. The van der Waals surface area contributed by atoms with Crippen LogP contribution in [0.5, 0.6) is 5.75 Å². The normalized spacial score (nSPS) is 21.2. The number of piperidine rings is 2. The van der Waals surface area contributed by atoms with Crippen LogP contribution < -0.4 is 4.74 Å². The minimum Gasteiger partial charge on any atom is -0.493 e. The molecule has 0 aliphatic carbocycles. The number of benzene rings is 2. The van der Waals surface area contributed by atoms with Gasteiger partial charge in [-0.05, 0) is 93.9 Å². The molecule has 0 unspecified atom stereocenters. The van der Waals surface area contributed by atoms with Gasteiger partial charge in [0.05, 0.1) is 17.6 Å². The van der Waals surface area contributed by atoms with Crippen molar-refractivity contribution in [2.45, 2.75) is 56.2 Å². The summed E-state index contributed by atoms with van der Waals surface area (Å²) in [6.45, 7) is 6.81. The van der Waals surface area contributed by atoms with Gasteiger partial charge < -0.3 is 14.7 Å². The number of rotatable bonds is 8. The summed E-state index contributed by atoms with van der Waals surface area (Å²) in [4.78, 5) is 2.44. The number of alkyl halides is 1. The summed E-state index contributed by atoms with van der Waals surface area (Å²) < 4.78 is 47.0. The van der Waals surface area contributed by atoms with Crippen LogP contribution >= 0.6 is 0 Å². The van der Waals surface area contributed by atoms with E-state index in [4.69, 9.17) is 4.74 Å². The van der Waals surface area contributed by atoms with E-state index in [-0.39, 0.29) is 11.4 Å². The highest BCUT2D eigenvalue weighted by Crippen LogP contribution is 2.27. The Bertz CT molecular complexity index is 1060. The van der Waals surface area contributed by atoms with Gasteiger partial charge in [-0.2, -0.15) is 4.31 Å². The summed E-state index contributed by atoms with van der Waals surface area (Å²) in [7, 11) is -3.60. The molecule has 192 valence electrons. The van der Waals surface area contributed by atoms with E-state index in [1.807, 2.05) is 36.4 Å². The predicted octanol–water partition coefficient (Wildman–Crippen LogP) is 4.34. The molecule has 8 heteroatoms. The minimum atomic E-state index is -3.60. The van der Waals surface area contributed by atoms with Crippen molar-refractivity contribution in [1.29, 1.82) is 0 Å². The quantitative estimate of drug-likeness (QED) is 0.579. The van der Waals surface area contributed by atoms with Crippen LogP contribution in [0, 0.1) is 5.92 Å². The maximum absolute atomic E-state index is 13.9. The van der Waals surface area contributed by atoms with Gasteiger partial charge >= 0.3 is 0 Å². The highest BCUT2D eigenvalue weighted by Gasteiger charge is 2.29. The predicted molar refractivity (Wildman–Crippen MR) is 136 cm³/mol. The molecule has 2 aliphatic heterocycles. The lowest BCUT2D eigenvalue weighted by Gasteiger charge is -2.34. The fraction of sp³-hybridized carbons (Fsp3) is 0.556. The second-order valence-electron chi connectivity index (χ2n) is 10.5. The lowest BCUT2D eigenvalue weighted by atomic mass is 9.97. The second-order valence-corrected chi connectivity index (χ2v) is 12.4. The van der Waals surface area contributed by atoms with E-state index in [0.29, 0.717) is 38.5 Å². The van der Waals surface area contributed by atoms with Crippen molar-refractivity contribution in [3.63, 3.8) is 0 Å². The molecule has 2 aromatic rings. The molecule has 35 heavy (non-hydrogen) atoms. The van der Waals surface area contributed by atoms with Gasteiger partial charge in [0.1, 0.15) is 11.4 Å². The maximum Gasteiger partial charge on any atom is 0.243 e. The van der Waals surface area contributed by atoms with E-state index < -0.39 is 21.8 Å².